The third kappa shape index (κ3) is 3.54. The number of hydrogen-bond donors (Lipinski definition) is 1. The molecule has 0 fully saturated rings. The van der Waals surface area contributed by atoms with Crippen LogP contribution in [0.1, 0.15) is 33.2 Å². The number of carbonyl (C=O) groups excluding carboxylic acids is 1. The van der Waals surface area contributed by atoms with E-state index in [4.69, 9.17) is 9.47 Å². The normalized spacial score (nSPS) is 17.1. The molecule has 31 heavy (non-hydrogen) atoms. The van der Waals surface area contributed by atoms with Crippen molar-refractivity contribution in [2.45, 2.75) is 18.9 Å². The molecule has 2 heterocycles. The summed E-state index contributed by atoms with van der Waals surface area (Å²) in [6.07, 6.45) is -5.06. The second-order valence-corrected chi connectivity index (χ2v) is 7.33. The lowest BCUT2D eigenvalue weighted by Gasteiger charge is -2.27. The standard InChI is InChI=1S/C23H17F3N2O3/c24-23(25,26)15-4-3-5-16(11-15)27-21-17-6-1-2-7-18(17)22(29)28(21)12-14-8-9-19-20(10-14)31-13-30-19/h1-11,21,27H,12-13H2. The van der Waals surface area contributed by atoms with Gasteiger partial charge in [0.2, 0.25) is 6.79 Å². The molecular weight excluding hydrogens is 409 g/mol. The van der Waals surface area contributed by atoms with Crippen molar-refractivity contribution >= 4 is 11.6 Å². The third-order valence-electron chi connectivity index (χ3n) is 5.34. The van der Waals surface area contributed by atoms with Crippen LogP contribution in [0.15, 0.2) is 66.7 Å². The van der Waals surface area contributed by atoms with E-state index in [2.05, 4.69) is 5.32 Å². The molecule has 8 heteroatoms. The van der Waals surface area contributed by atoms with Crippen LogP contribution < -0.4 is 14.8 Å². The summed E-state index contributed by atoms with van der Waals surface area (Å²) in [5.41, 5.74) is 1.58. The summed E-state index contributed by atoms with van der Waals surface area (Å²) in [4.78, 5) is 14.7. The summed E-state index contributed by atoms with van der Waals surface area (Å²) in [6, 6.07) is 17.5. The van der Waals surface area contributed by atoms with Crippen LogP contribution in [0.4, 0.5) is 18.9 Å². The van der Waals surface area contributed by atoms with Crippen LogP contribution in [0.5, 0.6) is 11.5 Å². The molecule has 1 amide bonds. The van der Waals surface area contributed by atoms with Crippen molar-refractivity contribution < 1.29 is 27.4 Å². The number of benzene rings is 3. The fourth-order valence-corrected chi connectivity index (χ4v) is 3.87. The Morgan fingerprint density at radius 1 is 0.968 bits per heavy atom. The van der Waals surface area contributed by atoms with Gasteiger partial charge >= 0.3 is 6.18 Å². The third-order valence-corrected chi connectivity index (χ3v) is 5.34. The van der Waals surface area contributed by atoms with Gasteiger partial charge in [-0.25, -0.2) is 0 Å². The Kier molecular flexibility index (Phi) is 4.50. The molecule has 0 aromatic heterocycles. The summed E-state index contributed by atoms with van der Waals surface area (Å²) in [7, 11) is 0. The first-order chi connectivity index (χ1) is 14.9. The smallest absolute Gasteiger partial charge is 0.416 e. The Balaban J connectivity index is 1.48. The van der Waals surface area contributed by atoms with Crippen molar-refractivity contribution in [3.8, 4) is 11.5 Å². The van der Waals surface area contributed by atoms with E-state index >= 15 is 0 Å². The maximum absolute atomic E-state index is 13.1. The summed E-state index contributed by atoms with van der Waals surface area (Å²) < 4.78 is 50.2. The molecule has 0 spiro atoms. The molecule has 2 aliphatic rings. The van der Waals surface area contributed by atoms with E-state index in [1.165, 1.54) is 6.07 Å². The van der Waals surface area contributed by atoms with Crippen molar-refractivity contribution in [3.63, 3.8) is 0 Å². The lowest BCUT2D eigenvalue weighted by atomic mass is 10.1. The van der Waals surface area contributed by atoms with Gasteiger partial charge in [0, 0.05) is 23.4 Å². The maximum atomic E-state index is 13.1. The number of fused-ring (bicyclic) bond motifs is 2. The Hall–Kier alpha value is -3.68. The first-order valence-electron chi connectivity index (χ1n) is 9.62. The van der Waals surface area contributed by atoms with Gasteiger partial charge in [-0.2, -0.15) is 13.2 Å². The molecule has 0 aliphatic carbocycles. The minimum Gasteiger partial charge on any atom is -0.454 e. The highest BCUT2D eigenvalue weighted by molar-refractivity contribution is 5.99. The van der Waals surface area contributed by atoms with Crippen molar-refractivity contribution in [3.05, 3.63) is 89.0 Å². The van der Waals surface area contributed by atoms with Crippen molar-refractivity contribution in [1.29, 1.82) is 0 Å². The number of nitrogens with zero attached hydrogens (tertiary/aromatic N) is 1. The van der Waals surface area contributed by atoms with Gasteiger partial charge in [0.1, 0.15) is 6.17 Å². The minimum atomic E-state index is -4.45. The van der Waals surface area contributed by atoms with Crippen molar-refractivity contribution in [1.82, 2.24) is 4.90 Å². The van der Waals surface area contributed by atoms with Gasteiger partial charge in [0.05, 0.1) is 5.56 Å². The molecule has 2 aliphatic heterocycles. The largest absolute Gasteiger partial charge is 0.454 e. The van der Waals surface area contributed by atoms with Crippen molar-refractivity contribution in [2.24, 2.45) is 0 Å². The first-order valence-corrected chi connectivity index (χ1v) is 9.62. The number of nitrogens with one attached hydrogen (secondary N) is 1. The van der Waals surface area contributed by atoms with E-state index in [1.807, 2.05) is 6.07 Å². The highest BCUT2D eigenvalue weighted by atomic mass is 19.4. The summed E-state index contributed by atoms with van der Waals surface area (Å²) >= 11 is 0. The molecule has 0 bridgehead atoms. The number of carbonyl (C=O) groups is 1. The fourth-order valence-electron chi connectivity index (χ4n) is 3.87. The monoisotopic (exact) mass is 426 g/mol. The number of anilines is 1. The topological polar surface area (TPSA) is 50.8 Å². The van der Waals surface area contributed by atoms with E-state index < -0.39 is 17.9 Å². The van der Waals surface area contributed by atoms with Gasteiger partial charge in [0.25, 0.3) is 5.91 Å². The van der Waals surface area contributed by atoms with Gasteiger partial charge in [0.15, 0.2) is 11.5 Å². The molecule has 1 N–H and O–H groups in total. The Morgan fingerprint density at radius 3 is 2.61 bits per heavy atom. The van der Waals surface area contributed by atoms with Crippen LogP contribution in [0.25, 0.3) is 0 Å². The van der Waals surface area contributed by atoms with E-state index in [0.717, 1.165) is 17.7 Å². The van der Waals surface area contributed by atoms with Crippen LogP contribution in [0, 0.1) is 0 Å². The minimum absolute atomic E-state index is 0.145. The molecule has 0 saturated carbocycles. The number of ether oxygens (including phenoxy) is 2. The molecule has 1 unspecified atom stereocenters. The maximum Gasteiger partial charge on any atom is 0.416 e. The number of alkyl halides is 3. The van der Waals surface area contributed by atoms with Gasteiger partial charge < -0.3 is 19.7 Å². The second-order valence-electron chi connectivity index (χ2n) is 7.33. The average Bonchev–Trinajstić information content (AvgIpc) is 3.32. The van der Waals surface area contributed by atoms with Crippen LogP contribution in [-0.4, -0.2) is 17.6 Å². The molecular formula is C23H17F3N2O3. The highest BCUT2D eigenvalue weighted by Gasteiger charge is 2.37. The molecule has 3 aromatic carbocycles. The average molecular weight is 426 g/mol. The molecule has 5 nitrogen and oxygen atoms in total. The fraction of sp³-hybridized carbons (Fsp3) is 0.174. The quantitative estimate of drug-likeness (QED) is 0.623. The number of rotatable bonds is 4. The summed E-state index contributed by atoms with van der Waals surface area (Å²) in [5, 5.41) is 3.11. The number of halogens is 3. The van der Waals surface area contributed by atoms with Gasteiger partial charge in [-0.1, -0.05) is 30.3 Å². The van der Waals surface area contributed by atoms with Crippen LogP contribution in [0.2, 0.25) is 0 Å². The Morgan fingerprint density at radius 2 is 1.77 bits per heavy atom. The number of amides is 1. The van der Waals surface area contributed by atoms with E-state index in [1.54, 1.807) is 47.4 Å². The van der Waals surface area contributed by atoms with Gasteiger partial charge in [-0.3, -0.25) is 4.79 Å². The zero-order valence-electron chi connectivity index (χ0n) is 16.1. The molecule has 0 saturated heterocycles. The summed E-state index contributed by atoms with van der Waals surface area (Å²) in [5.74, 6) is 1.04. The van der Waals surface area contributed by atoms with Gasteiger partial charge in [-0.05, 0) is 42.0 Å². The molecule has 5 rings (SSSR count). The van der Waals surface area contributed by atoms with Crippen LogP contribution in [0.3, 0.4) is 0 Å². The summed E-state index contributed by atoms with van der Waals surface area (Å²) in [6.45, 7) is 0.396. The first kappa shape index (κ1) is 19.3. The SMILES string of the molecule is O=C1c2ccccc2C(Nc2cccc(C(F)(F)F)c2)N1Cc1ccc2c(c1)OCO2. The lowest BCUT2D eigenvalue weighted by molar-refractivity contribution is -0.137. The highest BCUT2D eigenvalue weighted by Crippen LogP contribution is 2.38. The van der Waals surface area contributed by atoms with E-state index in [9.17, 15) is 18.0 Å². The Bertz CT molecular complexity index is 1160. The van der Waals surface area contributed by atoms with Gasteiger partial charge in [-0.15, -0.1) is 0 Å². The Labute approximate surface area is 176 Å². The second kappa shape index (κ2) is 7.23. The predicted octanol–water partition coefficient (Wildman–Crippen LogP) is 5.20. The molecule has 3 aromatic rings. The van der Waals surface area contributed by atoms with Crippen LogP contribution >= 0.6 is 0 Å². The molecule has 1 atom stereocenters. The lowest BCUT2D eigenvalue weighted by Crippen LogP contribution is -2.32. The van der Waals surface area contributed by atoms with Crippen molar-refractivity contribution in [2.75, 3.05) is 12.1 Å². The van der Waals surface area contributed by atoms with E-state index in [-0.39, 0.29) is 24.9 Å². The predicted molar refractivity (Wildman–Crippen MR) is 107 cm³/mol. The zero-order chi connectivity index (χ0) is 21.6. The zero-order valence-corrected chi connectivity index (χ0v) is 16.1. The molecule has 0 radical (unpaired) electrons. The van der Waals surface area contributed by atoms with E-state index in [0.29, 0.717) is 22.6 Å². The molecule has 158 valence electrons. The number of hydrogen-bond acceptors (Lipinski definition) is 4. The van der Waals surface area contributed by atoms with Crippen LogP contribution in [-0.2, 0) is 12.7 Å².